The highest BCUT2D eigenvalue weighted by molar-refractivity contribution is 5.88. The molecule has 1 heterocycles. The van der Waals surface area contributed by atoms with Crippen LogP contribution in [0.25, 0.3) is 0 Å². The van der Waals surface area contributed by atoms with Gasteiger partial charge in [-0.1, -0.05) is 6.92 Å². The van der Waals surface area contributed by atoms with Gasteiger partial charge in [-0.3, -0.25) is 14.9 Å². The van der Waals surface area contributed by atoms with E-state index >= 15 is 0 Å². The average molecular weight is 167 g/mol. The number of nitrogens with two attached hydrogens (primary N) is 1. The van der Waals surface area contributed by atoms with E-state index in [0.717, 1.165) is 0 Å². The molecule has 0 aliphatic rings. The second-order valence-electron chi connectivity index (χ2n) is 2.58. The third-order valence-electron chi connectivity index (χ3n) is 1.62. The van der Waals surface area contributed by atoms with Crippen LogP contribution in [0.5, 0.6) is 0 Å². The largest absolute Gasteiger partial charge is 0.320 e. The first kappa shape index (κ1) is 8.80. The molecule has 0 saturated heterocycles. The second kappa shape index (κ2) is 3.92. The van der Waals surface area contributed by atoms with E-state index in [2.05, 4.69) is 5.43 Å². The number of nitrogens with one attached hydrogen (secondary N) is 1. The average Bonchev–Trinajstić information content (AvgIpc) is 2.55. The number of hydrogen-bond donors (Lipinski definition) is 2. The molecule has 0 aliphatic heterocycles. The molecule has 1 aromatic heterocycles. The van der Waals surface area contributed by atoms with Gasteiger partial charge in [0.15, 0.2) is 0 Å². The molecule has 0 unspecified atom stereocenters. The summed E-state index contributed by atoms with van der Waals surface area (Å²) in [5, 5.41) is 0. The van der Waals surface area contributed by atoms with Crippen molar-refractivity contribution < 1.29 is 4.79 Å². The lowest BCUT2D eigenvalue weighted by Gasteiger charge is -2.10. The number of hydrogen-bond acceptors (Lipinski definition) is 2. The number of nitrogens with zero attached hydrogens (tertiary/aromatic N) is 1. The Labute approximate surface area is 71.3 Å². The Morgan fingerprint density at radius 2 is 2.17 bits per heavy atom. The molecule has 66 valence electrons. The van der Waals surface area contributed by atoms with Crippen LogP contribution in [-0.4, -0.2) is 16.6 Å². The molecule has 1 rings (SSSR count). The van der Waals surface area contributed by atoms with Crippen molar-refractivity contribution in [2.45, 2.75) is 19.4 Å². The number of aromatic nitrogens is 1. The number of carbonyl (C=O) groups is 1. The van der Waals surface area contributed by atoms with Crippen LogP contribution in [0.15, 0.2) is 24.5 Å². The highest BCUT2D eigenvalue weighted by Crippen LogP contribution is 1.89. The zero-order valence-corrected chi connectivity index (χ0v) is 7.03. The van der Waals surface area contributed by atoms with Crippen LogP contribution >= 0.6 is 0 Å². The Hall–Kier alpha value is -1.29. The minimum atomic E-state index is -0.424. The predicted octanol–water partition coefficient (Wildman–Crippen LogP) is 0.295. The summed E-state index contributed by atoms with van der Waals surface area (Å²) in [4.78, 5) is 11.2. The number of carbonyl (C=O) groups excluding carboxylic acids is 1. The molecule has 3 N–H and O–H groups in total. The van der Waals surface area contributed by atoms with Crippen molar-refractivity contribution in [3.8, 4) is 0 Å². The van der Waals surface area contributed by atoms with Gasteiger partial charge in [0.25, 0.3) is 5.91 Å². The molecule has 0 fully saturated rings. The van der Waals surface area contributed by atoms with Crippen LogP contribution in [0.2, 0.25) is 0 Å². The van der Waals surface area contributed by atoms with Gasteiger partial charge in [0.05, 0.1) is 6.04 Å². The molecule has 1 aromatic rings. The lowest BCUT2D eigenvalue weighted by Crippen LogP contribution is -2.38. The summed E-state index contributed by atoms with van der Waals surface area (Å²) in [7, 11) is 0. The Morgan fingerprint density at radius 1 is 1.58 bits per heavy atom. The van der Waals surface area contributed by atoms with E-state index < -0.39 is 6.04 Å². The highest BCUT2D eigenvalue weighted by Gasteiger charge is 2.09. The molecular formula is C8H13N3O. The molecule has 1 atom stereocenters. The van der Waals surface area contributed by atoms with E-state index in [1.807, 2.05) is 19.1 Å². The maximum absolute atomic E-state index is 11.2. The normalized spacial score (nSPS) is 12.5. The lowest BCUT2D eigenvalue weighted by atomic mass is 10.2. The quantitative estimate of drug-likeness (QED) is 0.680. The number of amides is 1. The van der Waals surface area contributed by atoms with Gasteiger partial charge in [-0.2, -0.15) is 0 Å². The molecule has 4 heteroatoms. The maximum Gasteiger partial charge on any atom is 0.255 e. The minimum Gasteiger partial charge on any atom is -0.320 e. The van der Waals surface area contributed by atoms with Crippen molar-refractivity contribution in [2.24, 2.45) is 5.73 Å². The van der Waals surface area contributed by atoms with Gasteiger partial charge in [0.1, 0.15) is 0 Å². The summed E-state index contributed by atoms with van der Waals surface area (Å²) in [5.74, 6) is -0.159. The summed E-state index contributed by atoms with van der Waals surface area (Å²) in [6.45, 7) is 1.87. The van der Waals surface area contributed by atoms with Crippen LogP contribution in [0, 0.1) is 0 Å². The van der Waals surface area contributed by atoms with Crippen LogP contribution in [0.3, 0.4) is 0 Å². The fourth-order valence-electron chi connectivity index (χ4n) is 0.805. The third-order valence-corrected chi connectivity index (χ3v) is 1.62. The van der Waals surface area contributed by atoms with Gasteiger partial charge in [-0.25, -0.2) is 0 Å². The predicted molar refractivity (Wildman–Crippen MR) is 47.1 cm³/mol. The minimum absolute atomic E-state index is 0.159. The Bertz CT molecular complexity index is 243. The Kier molecular flexibility index (Phi) is 2.88. The first-order chi connectivity index (χ1) is 5.74. The molecule has 0 aromatic carbocycles. The van der Waals surface area contributed by atoms with Crippen LogP contribution < -0.4 is 11.2 Å². The molecule has 0 bridgehead atoms. The van der Waals surface area contributed by atoms with Crippen molar-refractivity contribution in [3.05, 3.63) is 24.5 Å². The summed E-state index contributed by atoms with van der Waals surface area (Å²) in [6.07, 6.45) is 4.15. The van der Waals surface area contributed by atoms with E-state index in [-0.39, 0.29) is 5.91 Å². The van der Waals surface area contributed by atoms with Crippen LogP contribution in [0.4, 0.5) is 0 Å². The number of rotatable bonds is 3. The highest BCUT2D eigenvalue weighted by atomic mass is 16.2. The van der Waals surface area contributed by atoms with Crippen LogP contribution in [0.1, 0.15) is 13.3 Å². The SMILES string of the molecule is CC[C@@H](N)C(=O)Nn1cccc1. The van der Waals surface area contributed by atoms with Gasteiger partial charge < -0.3 is 5.73 Å². The van der Waals surface area contributed by atoms with Crippen LogP contribution in [-0.2, 0) is 4.79 Å². The standard InChI is InChI=1S/C8H13N3O/c1-2-7(9)8(12)10-11-5-3-4-6-11/h3-7H,2,9H2,1H3,(H,10,12)/t7-/m1/s1. The van der Waals surface area contributed by atoms with Gasteiger partial charge in [0.2, 0.25) is 0 Å². The molecule has 0 spiro atoms. The first-order valence-corrected chi connectivity index (χ1v) is 3.93. The van der Waals surface area contributed by atoms with Crippen molar-refractivity contribution >= 4 is 5.91 Å². The molecule has 1 amide bonds. The molecule has 4 nitrogen and oxygen atoms in total. The third kappa shape index (κ3) is 2.10. The van der Waals surface area contributed by atoms with Crippen molar-refractivity contribution in [3.63, 3.8) is 0 Å². The van der Waals surface area contributed by atoms with E-state index in [4.69, 9.17) is 5.73 Å². The maximum atomic E-state index is 11.2. The van der Waals surface area contributed by atoms with E-state index in [0.29, 0.717) is 6.42 Å². The van der Waals surface area contributed by atoms with Gasteiger partial charge >= 0.3 is 0 Å². The Morgan fingerprint density at radius 3 is 2.67 bits per heavy atom. The summed E-state index contributed by atoms with van der Waals surface area (Å²) in [5.41, 5.74) is 8.13. The van der Waals surface area contributed by atoms with Crippen molar-refractivity contribution in [1.29, 1.82) is 0 Å². The molecule has 12 heavy (non-hydrogen) atoms. The lowest BCUT2D eigenvalue weighted by molar-refractivity contribution is -0.118. The fraction of sp³-hybridized carbons (Fsp3) is 0.375. The summed E-state index contributed by atoms with van der Waals surface area (Å²) < 4.78 is 1.58. The molecule has 0 aliphatic carbocycles. The zero-order chi connectivity index (χ0) is 8.97. The van der Waals surface area contributed by atoms with E-state index in [1.165, 1.54) is 0 Å². The summed E-state index contributed by atoms with van der Waals surface area (Å²) >= 11 is 0. The molecule has 0 saturated carbocycles. The zero-order valence-electron chi connectivity index (χ0n) is 7.03. The monoisotopic (exact) mass is 167 g/mol. The molecule has 0 radical (unpaired) electrons. The van der Waals surface area contributed by atoms with Crippen molar-refractivity contribution in [2.75, 3.05) is 5.43 Å². The molecular weight excluding hydrogens is 154 g/mol. The van der Waals surface area contributed by atoms with Gasteiger partial charge in [-0.15, -0.1) is 0 Å². The summed E-state index contributed by atoms with van der Waals surface area (Å²) in [6, 6.07) is 3.24. The smallest absolute Gasteiger partial charge is 0.255 e. The second-order valence-corrected chi connectivity index (χ2v) is 2.58. The van der Waals surface area contributed by atoms with E-state index in [1.54, 1.807) is 17.1 Å². The van der Waals surface area contributed by atoms with Gasteiger partial charge in [0, 0.05) is 12.4 Å². The first-order valence-electron chi connectivity index (χ1n) is 3.93. The van der Waals surface area contributed by atoms with E-state index in [9.17, 15) is 4.79 Å². The van der Waals surface area contributed by atoms with Gasteiger partial charge in [-0.05, 0) is 18.6 Å². The topological polar surface area (TPSA) is 60.1 Å². The fourth-order valence-corrected chi connectivity index (χ4v) is 0.805. The van der Waals surface area contributed by atoms with Crippen molar-refractivity contribution in [1.82, 2.24) is 4.68 Å². The Balaban J connectivity index is 2.47.